The Morgan fingerprint density at radius 2 is 1.62 bits per heavy atom. The second-order valence-electron chi connectivity index (χ2n) is 3.15. The van der Waals surface area contributed by atoms with E-state index in [1.54, 1.807) is 0 Å². The molecule has 0 unspecified atom stereocenters. The summed E-state index contributed by atoms with van der Waals surface area (Å²) >= 11 is 0. The normalized spacial score (nSPS) is 14.9. The van der Waals surface area contributed by atoms with Gasteiger partial charge in [-0.3, -0.25) is 0 Å². The molecule has 7 heteroatoms. The average molecular weight is 243 g/mol. The van der Waals surface area contributed by atoms with E-state index < -0.39 is 23.8 Å². The van der Waals surface area contributed by atoms with Crippen LogP contribution in [-0.2, 0) is 0 Å². The molecule has 0 spiro atoms. The van der Waals surface area contributed by atoms with E-state index in [2.05, 4.69) is 0 Å². The fourth-order valence-electron chi connectivity index (χ4n) is 1.07. The Labute approximate surface area is 86.9 Å². The van der Waals surface area contributed by atoms with Gasteiger partial charge >= 0.3 is 12.1 Å². The first-order chi connectivity index (χ1) is 7.16. The van der Waals surface area contributed by atoms with Crippen molar-refractivity contribution in [1.82, 2.24) is 0 Å². The van der Waals surface area contributed by atoms with Crippen LogP contribution < -0.4 is 5.73 Å². The summed E-state index contributed by atoms with van der Waals surface area (Å²) < 4.78 is 73.8. The molecule has 1 atom stereocenters. The van der Waals surface area contributed by atoms with E-state index in [0.717, 1.165) is 18.2 Å². The summed E-state index contributed by atoms with van der Waals surface area (Å²) in [6.45, 7) is 0. The maximum Gasteiger partial charge on any atom is 0.456 e. The minimum atomic E-state index is -5.93. The van der Waals surface area contributed by atoms with Crippen LogP contribution in [0.1, 0.15) is 11.7 Å². The zero-order valence-corrected chi connectivity index (χ0v) is 7.73. The number of nitrogens with two attached hydrogens (primary N) is 1. The van der Waals surface area contributed by atoms with Gasteiger partial charge in [0.1, 0.15) is 0 Å². The van der Waals surface area contributed by atoms with Crippen LogP contribution >= 0.6 is 0 Å². The van der Waals surface area contributed by atoms with Crippen LogP contribution in [0, 0.1) is 0 Å². The molecule has 0 aromatic heterocycles. The van der Waals surface area contributed by atoms with Gasteiger partial charge in [-0.25, -0.2) is 4.39 Å². The summed E-state index contributed by atoms with van der Waals surface area (Å²) in [5.74, 6) is -5.43. The van der Waals surface area contributed by atoms with E-state index in [4.69, 9.17) is 5.73 Å². The van der Waals surface area contributed by atoms with Crippen LogP contribution in [-0.4, -0.2) is 12.1 Å². The highest BCUT2D eigenvalue weighted by Crippen LogP contribution is 2.46. The Balaban J connectivity index is 3.07. The number of anilines is 1. The summed E-state index contributed by atoms with van der Waals surface area (Å²) in [7, 11) is 0. The lowest BCUT2D eigenvalue weighted by Crippen LogP contribution is -2.40. The summed E-state index contributed by atoms with van der Waals surface area (Å²) in [5.41, 5.74) is 4.27. The zero-order valence-electron chi connectivity index (χ0n) is 7.73. The first kappa shape index (κ1) is 12.7. The lowest BCUT2D eigenvalue weighted by Gasteiger charge is -2.23. The van der Waals surface area contributed by atoms with Crippen molar-refractivity contribution < 1.29 is 26.3 Å². The highest BCUT2D eigenvalue weighted by Gasteiger charge is 2.63. The number of rotatable bonds is 2. The molecule has 1 aromatic carbocycles. The maximum atomic E-state index is 13.1. The van der Waals surface area contributed by atoms with Crippen LogP contribution in [0.2, 0.25) is 0 Å². The Morgan fingerprint density at radius 1 is 1.06 bits per heavy atom. The van der Waals surface area contributed by atoms with Gasteiger partial charge in [-0.2, -0.15) is 22.0 Å². The van der Waals surface area contributed by atoms with Gasteiger partial charge in [0.15, 0.2) is 6.17 Å². The van der Waals surface area contributed by atoms with Gasteiger partial charge in [-0.1, -0.05) is 12.1 Å². The number of benzene rings is 1. The molecule has 0 amide bonds. The minimum Gasteiger partial charge on any atom is -0.399 e. The number of halogens is 6. The summed E-state index contributed by atoms with van der Waals surface area (Å²) in [6.07, 6.45) is -9.40. The van der Waals surface area contributed by atoms with Crippen LogP contribution in [0.5, 0.6) is 0 Å². The molecule has 0 radical (unpaired) electrons. The Kier molecular flexibility index (Phi) is 3.07. The summed E-state index contributed by atoms with van der Waals surface area (Å²) in [4.78, 5) is 0. The fourth-order valence-corrected chi connectivity index (χ4v) is 1.07. The van der Waals surface area contributed by atoms with Crippen LogP contribution in [0.25, 0.3) is 0 Å². The SMILES string of the molecule is Nc1cccc([C@H](F)C(F)(F)C(F)(F)F)c1. The monoisotopic (exact) mass is 243 g/mol. The maximum absolute atomic E-state index is 13.1. The third-order valence-electron chi connectivity index (χ3n) is 1.90. The second kappa shape index (κ2) is 3.88. The summed E-state index contributed by atoms with van der Waals surface area (Å²) in [6, 6.07) is 3.91. The summed E-state index contributed by atoms with van der Waals surface area (Å²) in [5, 5.41) is 0. The first-order valence-electron chi connectivity index (χ1n) is 4.10. The van der Waals surface area contributed by atoms with Crippen molar-refractivity contribution in [3.05, 3.63) is 29.8 Å². The fraction of sp³-hybridized carbons (Fsp3) is 0.333. The molecule has 0 fully saturated rings. The smallest absolute Gasteiger partial charge is 0.399 e. The van der Waals surface area contributed by atoms with E-state index in [9.17, 15) is 26.3 Å². The van der Waals surface area contributed by atoms with Crippen molar-refractivity contribution in [2.45, 2.75) is 18.3 Å². The minimum absolute atomic E-state index is 0.0851. The lowest BCUT2D eigenvalue weighted by molar-refractivity contribution is -0.305. The van der Waals surface area contributed by atoms with Gasteiger partial charge in [0, 0.05) is 5.69 Å². The molecule has 2 N–H and O–H groups in total. The molecule has 0 saturated carbocycles. The predicted molar refractivity (Wildman–Crippen MR) is 45.7 cm³/mol. The van der Waals surface area contributed by atoms with Crippen molar-refractivity contribution in [1.29, 1.82) is 0 Å². The van der Waals surface area contributed by atoms with E-state index >= 15 is 0 Å². The second-order valence-corrected chi connectivity index (χ2v) is 3.15. The Bertz CT molecular complexity index is 373. The van der Waals surface area contributed by atoms with Gasteiger partial charge in [0.2, 0.25) is 0 Å². The highest BCUT2D eigenvalue weighted by molar-refractivity contribution is 5.41. The van der Waals surface area contributed by atoms with E-state index in [1.807, 2.05) is 0 Å². The average Bonchev–Trinajstić information content (AvgIpc) is 2.14. The molecule has 0 heterocycles. The number of alkyl halides is 6. The standard InChI is InChI=1S/C9H7F6N/c10-7(8(11,12)9(13,14)15)5-2-1-3-6(16)4-5/h1-4,7H,16H2/t7-/m0/s1. The number of hydrogen-bond donors (Lipinski definition) is 1. The van der Waals surface area contributed by atoms with Gasteiger partial charge < -0.3 is 5.73 Å². The van der Waals surface area contributed by atoms with Gasteiger partial charge in [0.25, 0.3) is 0 Å². The predicted octanol–water partition coefficient (Wildman–Crippen LogP) is 3.48. The van der Waals surface area contributed by atoms with Crippen molar-refractivity contribution in [3.63, 3.8) is 0 Å². The topological polar surface area (TPSA) is 26.0 Å². The molecule has 1 nitrogen and oxygen atoms in total. The van der Waals surface area contributed by atoms with Crippen molar-refractivity contribution >= 4 is 5.69 Å². The van der Waals surface area contributed by atoms with Crippen molar-refractivity contribution in [2.75, 3.05) is 5.73 Å². The highest BCUT2D eigenvalue weighted by atomic mass is 19.4. The van der Waals surface area contributed by atoms with E-state index in [-0.39, 0.29) is 5.69 Å². The van der Waals surface area contributed by atoms with Crippen molar-refractivity contribution in [2.24, 2.45) is 0 Å². The van der Waals surface area contributed by atoms with E-state index in [1.165, 1.54) is 6.07 Å². The van der Waals surface area contributed by atoms with E-state index in [0.29, 0.717) is 0 Å². The van der Waals surface area contributed by atoms with Crippen molar-refractivity contribution in [3.8, 4) is 0 Å². The molecule has 0 aliphatic rings. The molecule has 0 aliphatic heterocycles. The van der Waals surface area contributed by atoms with Crippen LogP contribution in [0.3, 0.4) is 0 Å². The Morgan fingerprint density at radius 3 is 2.06 bits per heavy atom. The van der Waals surface area contributed by atoms with Gasteiger partial charge in [-0.05, 0) is 17.7 Å². The quantitative estimate of drug-likeness (QED) is 0.624. The third kappa shape index (κ3) is 2.23. The molecule has 1 rings (SSSR count). The molecular weight excluding hydrogens is 236 g/mol. The molecule has 0 bridgehead atoms. The number of hydrogen-bond acceptors (Lipinski definition) is 1. The molecular formula is C9H7F6N. The van der Waals surface area contributed by atoms with Gasteiger partial charge in [0.05, 0.1) is 0 Å². The van der Waals surface area contributed by atoms with Gasteiger partial charge in [-0.15, -0.1) is 0 Å². The molecule has 90 valence electrons. The van der Waals surface area contributed by atoms with Crippen LogP contribution in [0.4, 0.5) is 32.0 Å². The molecule has 16 heavy (non-hydrogen) atoms. The molecule has 0 saturated heterocycles. The first-order valence-corrected chi connectivity index (χ1v) is 4.10. The van der Waals surface area contributed by atoms with Crippen LogP contribution in [0.15, 0.2) is 24.3 Å². The Hall–Kier alpha value is -1.40. The largest absolute Gasteiger partial charge is 0.456 e. The molecule has 1 aromatic rings. The number of nitrogen functional groups attached to an aromatic ring is 1. The zero-order chi connectivity index (χ0) is 12.6. The lowest BCUT2D eigenvalue weighted by atomic mass is 10.0. The third-order valence-corrected chi connectivity index (χ3v) is 1.90. The molecule has 0 aliphatic carbocycles.